The molecule has 3 rings (SSSR count). The third kappa shape index (κ3) is 7.91. The zero-order chi connectivity index (χ0) is 25.8. The van der Waals surface area contributed by atoms with E-state index in [9.17, 15) is 0 Å². The predicted molar refractivity (Wildman–Crippen MR) is 152 cm³/mol. The lowest BCUT2D eigenvalue weighted by atomic mass is 10.1. The van der Waals surface area contributed by atoms with Crippen LogP contribution in [0.25, 0.3) is 16.6 Å². The first-order chi connectivity index (χ1) is 17.6. The highest BCUT2D eigenvalue weighted by molar-refractivity contribution is 7.16. The highest BCUT2D eigenvalue weighted by Crippen LogP contribution is 2.34. The SMILES string of the molecule is [C-]#[N+]/C(=C\c1sc(N=Nc2ccc(N(CC)CC)cc2)nc1Cl)c1ccc(OCCCCCC)cc1. The van der Waals surface area contributed by atoms with E-state index in [0.717, 1.165) is 42.2 Å². The molecule has 188 valence electrons. The molecule has 8 heteroatoms. The van der Waals surface area contributed by atoms with Crippen molar-refractivity contribution in [2.45, 2.75) is 46.5 Å². The van der Waals surface area contributed by atoms with Crippen LogP contribution in [0.15, 0.2) is 58.8 Å². The topological polar surface area (TPSA) is 54.4 Å². The lowest BCUT2D eigenvalue weighted by molar-refractivity contribution is 0.305. The van der Waals surface area contributed by atoms with Gasteiger partial charge in [0.15, 0.2) is 5.70 Å². The molecule has 0 amide bonds. The second-order valence-electron chi connectivity index (χ2n) is 8.12. The van der Waals surface area contributed by atoms with Gasteiger partial charge in [-0.1, -0.05) is 61.3 Å². The summed E-state index contributed by atoms with van der Waals surface area (Å²) < 4.78 is 5.80. The van der Waals surface area contributed by atoms with Crippen LogP contribution < -0.4 is 9.64 Å². The molecule has 1 heterocycles. The van der Waals surface area contributed by atoms with Gasteiger partial charge in [0.25, 0.3) is 0 Å². The fraction of sp³-hybridized carbons (Fsp3) is 0.357. The molecule has 0 fully saturated rings. The molecule has 36 heavy (non-hydrogen) atoms. The van der Waals surface area contributed by atoms with Gasteiger partial charge in [0.05, 0.1) is 23.7 Å². The fourth-order valence-electron chi connectivity index (χ4n) is 3.60. The van der Waals surface area contributed by atoms with E-state index in [2.05, 4.69) is 45.7 Å². The lowest BCUT2D eigenvalue weighted by Gasteiger charge is -2.20. The van der Waals surface area contributed by atoms with Gasteiger partial charge in [0, 0.05) is 18.8 Å². The van der Waals surface area contributed by atoms with Crippen molar-refractivity contribution in [2.75, 3.05) is 24.6 Å². The van der Waals surface area contributed by atoms with Crippen LogP contribution in [-0.2, 0) is 0 Å². The van der Waals surface area contributed by atoms with Gasteiger partial charge >= 0.3 is 0 Å². The van der Waals surface area contributed by atoms with Gasteiger partial charge in [-0.15, -0.1) is 10.2 Å². The van der Waals surface area contributed by atoms with E-state index in [0.29, 0.717) is 27.5 Å². The van der Waals surface area contributed by atoms with Gasteiger partial charge in [0.1, 0.15) is 10.9 Å². The number of unbranched alkanes of at least 4 members (excludes halogenated alkanes) is 3. The first-order valence-corrected chi connectivity index (χ1v) is 13.5. The second-order valence-corrected chi connectivity index (χ2v) is 9.48. The first kappa shape index (κ1) is 27.4. The van der Waals surface area contributed by atoms with Crippen LogP contribution in [-0.4, -0.2) is 24.7 Å². The maximum absolute atomic E-state index is 7.64. The Bertz CT molecular complexity index is 1190. The monoisotopic (exact) mass is 521 g/mol. The number of rotatable bonds is 13. The maximum Gasteiger partial charge on any atom is 0.231 e. The van der Waals surface area contributed by atoms with Gasteiger partial charge in [-0.2, -0.15) is 0 Å². The number of anilines is 1. The summed E-state index contributed by atoms with van der Waals surface area (Å²) in [5, 5.41) is 9.28. The molecule has 0 spiro atoms. The highest BCUT2D eigenvalue weighted by Gasteiger charge is 2.10. The normalized spacial score (nSPS) is 11.6. The average Bonchev–Trinajstić information content (AvgIpc) is 3.26. The van der Waals surface area contributed by atoms with Crippen molar-refractivity contribution in [3.63, 3.8) is 0 Å². The smallest absolute Gasteiger partial charge is 0.231 e. The number of ether oxygens (including phenoxy) is 1. The van der Waals surface area contributed by atoms with Gasteiger partial charge in [0.2, 0.25) is 5.13 Å². The van der Waals surface area contributed by atoms with Gasteiger partial charge < -0.3 is 9.64 Å². The van der Waals surface area contributed by atoms with Crippen molar-refractivity contribution in [3.8, 4) is 5.75 Å². The van der Waals surface area contributed by atoms with Crippen LogP contribution in [0.1, 0.15) is 56.9 Å². The minimum atomic E-state index is 0.305. The van der Waals surface area contributed by atoms with Crippen LogP contribution >= 0.6 is 22.9 Å². The van der Waals surface area contributed by atoms with Gasteiger partial charge in [-0.05, 0) is 68.3 Å². The van der Waals surface area contributed by atoms with E-state index in [4.69, 9.17) is 22.9 Å². The summed E-state index contributed by atoms with van der Waals surface area (Å²) in [6.07, 6.45) is 6.41. The molecule has 0 unspecified atom stereocenters. The molecule has 0 saturated carbocycles. The zero-order valence-electron chi connectivity index (χ0n) is 21.1. The van der Waals surface area contributed by atoms with E-state index in [1.54, 1.807) is 6.08 Å². The standard InChI is InChI=1S/C28H32ClN5OS/c1-5-8-9-10-19-35-24-17-11-21(12-18-24)25(30-4)20-26-27(29)31-28(36-26)33-32-22-13-15-23(16-14-22)34(6-2)7-3/h11-18,20H,5-10,19H2,1-3H3/b25-20-,33-32?. The number of hydrogen-bond acceptors (Lipinski definition) is 6. The fourth-order valence-corrected chi connectivity index (χ4v) is 4.61. The maximum atomic E-state index is 7.64. The van der Waals surface area contributed by atoms with E-state index >= 15 is 0 Å². The zero-order valence-corrected chi connectivity index (χ0v) is 22.6. The van der Waals surface area contributed by atoms with Crippen molar-refractivity contribution in [2.24, 2.45) is 10.2 Å². The van der Waals surface area contributed by atoms with Crippen LogP contribution in [0.2, 0.25) is 5.15 Å². The Morgan fingerprint density at radius 3 is 2.39 bits per heavy atom. The van der Waals surface area contributed by atoms with Gasteiger partial charge in [-0.3, -0.25) is 0 Å². The Labute approximate surface area is 223 Å². The highest BCUT2D eigenvalue weighted by atomic mass is 35.5. The van der Waals surface area contributed by atoms with Crippen LogP contribution in [0, 0.1) is 6.57 Å². The number of azo groups is 1. The molecule has 6 nitrogen and oxygen atoms in total. The van der Waals surface area contributed by atoms with Crippen molar-refractivity contribution >= 4 is 51.2 Å². The Hall–Kier alpha value is -3.21. The molecule has 1 aromatic heterocycles. The first-order valence-electron chi connectivity index (χ1n) is 12.3. The molecule has 2 aromatic carbocycles. The van der Waals surface area contributed by atoms with Crippen LogP contribution in [0.3, 0.4) is 0 Å². The number of nitrogens with zero attached hydrogens (tertiary/aromatic N) is 5. The average molecular weight is 522 g/mol. The van der Waals surface area contributed by atoms with Crippen molar-refractivity contribution in [3.05, 3.63) is 75.5 Å². The largest absolute Gasteiger partial charge is 0.494 e. The number of halogens is 1. The number of benzene rings is 2. The Kier molecular flexibility index (Phi) is 10.9. The van der Waals surface area contributed by atoms with E-state index < -0.39 is 0 Å². The van der Waals surface area contributed by atoms with Crippen LogP contribution in [0.5, 0.6) is 5.75 Å². The third-order valence-electron chi connectivity index (χ3n) is 5.63. The summed E-state index contributed by atoms with van der Waals surface area (Å²) in [4.78, 5) is 10.9. The summed E-state index contributed by atoms with van der Waals surface area (Å²) >= 11 is 7.64. The quantitative estimate of drug-likeness (QED) is 0.128. The molecule has 0 N–H and O–H groups in total. The Morgan fingerprint density at radius 1 is 1.03 bits per heavy atom. The van der Waals surface area contributed by atoms with E-state index in [1.807, 2.05) is 48.5 Å². The molecule has 0 aliphatic carbocycles. The summed E-state index contributed by atoms with van der Waals surface area (Å²) in [5.41, 5.74) is 3.17. The summed E-state index contributed by atoms with van der Waals surface area (Å²) in [6, 6.07) is 15.5. The molecule has 0 radical (unpaired) electrons. The predicted octanol–water partition coefficient (Wildman–Crippen LogP) is 9.43. The summed E-state index contributed by atoms with van der Waals surface area (Å²) in [5.74, 6) is 0.809. The molecule has 0 atom stereocenters. The summed E-state index contributed by atoms with van der Waals surface area (Å²) in [6.45, 7) is 16.7. The van der Waals surface area contributed by atoms with Crippen LogP contribution in [0.4, 0.5) is 16.5 Å². The Morgan fingerprint density at radius 2 is 1.75 bits per heavy atom. The summed E-state index contributed by atoms with van der Waals surface area (Å²) in [7, 11) is 0. The van der Waals surface area contributed by atoms with E-state index in [-0.39, 0.29) is 0 Å². The Balaban J connectivity index is 1.67. The molecular weight excluding hydrogens is 490 g/mol. The molecule has 0 bridgehead atoms. The third-order valence-corrected chi connectivity index (χ3v) is 6.92. The lowest BCUT2D eigenvalue weighted by Crippen LogP contribution is -2.21. The molecular formula is C28H32ClN5OS. The molecule has 3 aromatic rings. The molecule has 0 aliphatic heterocycles. The van der Waals surface area contributed by atoms with Crippen molar-refractivity contribution in [1.29, 1.82) is 0 Å². The van der Waals surface area contributed by atoms with Crippen molar-refractivity contribution < 1.29 is 4.74 Å². The molecule has 0 aliphatic rings. The van der Waals surface area contributed by atoms with E-state index in [1.165, 1.54) is 30.6 Å². The van der Waals surface area contributed by atoms with Crippen molar-refractivity contribution in [1.82, 2.24) is 4.98 Å². The number of aromatic nitrogens is 1. The minimum absolute atomic E-state index is 0.305. The second kappa shape index (κ2) is 14.4. The number of hydrogen-bond donors (Lipinski definition) is 0. The number of thiazole rings is 1. The molecule has 0 saturated heterocycles. The minimum Gasteiger partial charge on any atom is -0.494 e. The van der Waals surface area contributed by atoms with Gasteiger partial charge in [-0.25, -0.2) is 9.83 Å².